The molecular formula is C16H19N3. The largest absolute Gasteiger partial charge is 0.326 e. The number of fused-ring (bicyclic) bond motifs is 1. The molecule has 2 aromatic rings. The van der Waals surface area contributed by atoms with E-state index in [0.29, 0.717) is 6.04 Å². The Morgan fingerprint density at radius 1 is 1.05 bits per heavy atom. The smallest absolute Gasteiger partial charge is 0.0706 e. The van der Waals surface area contributed by atoms with Crippen LogP contribution in [0.5, 0.6) is 0 Å². The fourth-order valence-corrected chi connectivity index (χ4v) is 3.29. The second-order valence-electron chi connectivity index (χ2n) is 5.80. The number of para-hydroxylation sites is 1. The molecule has 2 heterocycles. The summed E-state index contributed by atoms with van der Waals surface area (Å²) in [6.45, 7) is 1.13. The van der Waals surface area contributed by atoms with Gasteiger partial charge in [0.25, 0.3) is 0 Å². The van der Waals surface area contributed by atoms with Crippen LogP contribution in [0, 0.1) is 0 Å². The molecule has 0 amide bonds. The lowest BCUT2D eigenvalue weighted by Gasteiger charge is -2.26. The van der Waals surface area contributed by atoms with Crippen LogP contribution in [0.1, 0.15) is 31.0 Å². The van der Waals surface area contributed by atoms with Gasteiger partial charge in [-0.3, -0.25) is 9.88 Å². The maximum atomic E-state index is 6.33. The molecule has 1 aromatic heterocycles. The third-order valence-electron chi connectivity index (χ3n) is 4.42. The van der Waals surface area contributed by atoms with E-state index in [-0.39, 0.29) is 6.04 Å². The first kappa shape index (κ1) is 11.4. The molecule has 0 radical (unpaired) electrons. The lowest BCUT2D eigenvalue weighted by atomic mass is 10.0. The Labute approximate surface area is 113 Å². The van der Waals surface area contributed by atoms with E-state index < -0.39 is 0 Å². The molecule has 0 bridgehead atoms. The number of hydrogen-bond donors (Lipinski definition) is 1. The summed E-state index contributed by atoms with van der Waals surface area (Å²) in [4.78, 5) is 7.42. The zero-order valence-electron chi connectivity index (χ0n) is 11.0. The number of aromatic nitrogens is 1. The molecule has 2 fully saturated rings. The molecule has 1 aliphatic heterocycles. The number of nitrogens with two attached hydrogens (primary N) is 1. The van der Waals surface area contributed by atoms with Gasteiger partial charge < -0.3 is 5.73 Å². The van der Waals surface area contributed by atoms with E-state index >= 15 is 0 Å². The number of pyridine rings is 1. The van der Waals surface area contributed by atoms with Crippen molar-refractivity contribution in [2.45, 2.75) is 37.4 Å². The fourth-order valence-electron chi connectivity index (χ4n) is 3.29. The van der Waals surface area contributed by atoms with Crippen LogP contribution in [0.2, 0.25) is 0 Å². The molecule has 2 atom stereocenters. The molecule has 1 aliphatic carbocycles. The van der Waals surface area contributed by atoms with Crippen molar-refractivity contribution < 1.29 is 0 Å². The monoisotopic (exact) mass is 253 g/mol. The predicted molar refractivity (Wildman–Crippen MR) is 76.8 cm³/mol. The average Bonchev–Trinajstić information content (AvgIpc) is 3.21. The van der Waals surface area contributed by atoms with E-state index in [1.165, 1.54) is 18.2 Å². The molecule has 2 unspecified atom stereocenters. The number of rotatable bonds is 2. The van der Waals surface area contributed by atoms with Crippen LogP contribution in [-0.2, 0) is 0 Å². The highest BCUT2D eigenvalue weighted by molar-refractivity contribution is 5.78. The van der Waals surface area contributed by atoms with Crippen LogP contribution >= 0.6 is 0 Å². The highest BCUT2D eigenvalue weighted by Gasteiger charge is 2.41. The number of hydrogen-bond acceptors (Lipinski definition) is 3. The second kappa shape index (κ2) is 4.29. The molecule has 19 heavy (non-hydrogen) atoms. The molecule has 98 valence electrons. The minimum atomic E-state index is 0.231. The van der Waals surface area contributed by atoms with Crippen molar-refractivity contribution in [1.82, 2.24) is 9.88 Å². The van der Waals surface area contributed by atoms with Crippen LogP contribution in [0.25, 0.3) is 10.9 Å². The van der Waals surface area contributed by atoms with Crippen molar-refractivity contribution >= 4 is 10.9 Å². The van der Waals surface area contributed by atoms with E-state index in [0.717, 1.165) is 30.2 Å². The predicted octanol–water partition coefficient (Wildman–Crippen LogP) is 2.47. The second-order valence-corrected chi connectivity index (χ2v) is 5.80. The standard InChI is InChI=1S/C16H19N3/c17-13-9-10-19(12-6-7-12)16(13)15-8-5-11-3-1-2-4-14(11)18-15/h1-5,8,12-13,16H,6-7,9-10,17H2. The van der Waals surface area contributed by atoms with Gasteiger partial charge in [0.2, 0.25) is 0 Å². The summed E-state index contributed by atoms with van der Waals surface area (Å²) < 4.78 is 0. The van der Waals surface area contributed by atoms with Gasteiger partial charge in [0, 0.05) is 24.0 Å². The molecule has 1 aromatic carbocycles. The molecule has 1 saturated carbocycles. The fraction of sp³-hybridized carbons (Fsp3) is 0.438. The molecular weight excluding hydrogens is 234 g/mol. The number of nitrogens with zero attached hydrogens (tertiary/aromatic N) is 2. The van der Waals surface area contributed by atoms with E-state index in [1.54, 1.807) is 0 Å². The molecule has 3 heteroatoms. The van der Waals surface area contributed by atoms with Gasteiger partial charge in [-0.15, -0.1) is 0 Å². The van der Waals surface area contributed by atoms with Crippen molar-refractivity contribution in [1.29, 1.82) is 0 Å². The van der Waals surface area contributed by atoms with Gasteiger partial charge in [0.05, 0.1) is 17.3 Å². The van der Waals surface area contributed by atoms with Crippen molar-refractivity contribution in [3.05, 3.63) is 42.1 Å². The minimum Gasteiger partial charge on any atom is -0.326 e. The van der Waals surface area contributed by atoms with E-state index in [1.807, 2.05) is 6.07 Å². The van der Waals surface area contributed by atoms with Crippen LogP contribution in [0.15, 0.2) is 36.4 Å². The first-order chi connectivity index (χ1) is 9.33. The summed E-state index contributed by atoms with van der Waals surface area (Å²) in [7, 11) is 0. The van der Waals surface area contributed by atoms with Crippen molar-refractivity contribution in [2.24, 2.45) is 5.73 Å². The van der Waals surface area contributed by atoms with Crippen LogP contribution < -0.4 is 5.73 Å². The Morgan fingerprint density at radius 2 is 1.89 bits per heavy atom. The summed E-state index contributed by atoms with van der Waals surface area (Å²) in [5, 5.41) is 1.20. The maximum absolute atomic E-state index is 6.33. The topological polar surface area (TPSA) is 42.1 Å². The van der Waals surface area contributed by atoms with Crippen LogP contribution in [0.4, 0.5) is 0 Å². The zero-order valence-corrected chi connectivity index (χ0v) is 11.0. The van der Waals surface area contributed by atoms with Gasteiger partial charge in [-0.25, -0.2) is 0 Å². The first-order valence-corrected chi connectivity index (χ1v) is 7.20. The van der Waals surface area contributed by atoms with E-state index in [2.05, 4.69) is 35.2 Å². The first-order valence-electron chi connectivity index (χ1n) is 7.20. The number of likely N-dealkylation sites (tertiary alicyclic amines) is 1. The van der Waals surface area contributed by atoms with Gasteiger partial charge in [0.1, 0.15) is 0 Å². The van der Waals surface area contributed by atoms with Crippen LogP contribution in [-0.4, -0.2) is 28.5 Å². The van der Waals surface area contributed by atoms with E-state index in [4.69, 9.17) is 10.7 Å². The molecule has 1 saturated heterocycles. The van der Waals surface area contributed by atoms with Crippen molar-refractivity contribution in [2.75, 3.05) is 6.54 Å². The molecule has 2 N–H and O–H groups in total. The Morgan fingerprint density at radius 3 is 2.74 bits per heavy atom. The Balaban J connectivity index is 1.75. The highest BCUT2D eigenvalue weighted by Crippen LogP contribution is 2.39. The molecule has 2 aliphatic rings. The molecule has 0 spiro atoms. The SMILES string of the molecule is NC1CCN(C2CC2)C1c1ccc2ccccc2n1. The third kappa shape index (κ3) is 1.94. The Hall–Kier alpha value is -1.45. The summed E-state index contributed by atoms with van der Waals surface area (Å²) in [5.41, 5.74) is 8.56. The summed E-state index contributed by atoms with van der Waals surface area (Å²) in [6, 6.07) is 13.9. The number of benzene rings is 1. The van der Waals surface area contributed by atoms with Gasteiger partial charge in [-0.2, -0.15) is 0 Å². The Bertz CT molecular complexity index is 606. The van der Waals surface area contributed by atoms with Gasteiger partial charge in [0.15, 0.2) is 0 Å². The average molecular weight is 253 g/mol. The quantitative estimate of drug-likeness (QED) is 0.894. The van der Waals surface area contributed by atoms with Crippen LogP contribution in [0.3, 0.4) is 0 Å². The van der Waals surface area contributed by atoms with E-state index in [9.17, 15) is 0 Å². The summed E-state index contributed by atoms with van der Waals surface area (Å²) in [6.07, 6.45) is 3.75. The summed E-state index contributed by atoms with van der Waals surface area (Å²) in [5.74, 6) is 0. The molecule has 3 nitrogen and oxygen atoms in total. The van der Waals surface area contributed by atoms with Gasteiger partial charge in [-0.05, 0) is 31.4 Å². The minimum absolute atomic E-state index is 0.231. The lowest BCUT2D eigenvalue weighted by Crippen LogP contribution is -2.33. The molecule has 4 rings (SSSR count). The van der Waals surface area contributed by atoms with Gasteiger partial charge in [-0.1, -0.05) is 24.3 Å². The Kier molecular flexibility index (Phi) is 2.57. The lowest BCUT2D eigenvalue weighted by molar-refractivity contribution is 0.233. The normalized spacial score (nSPS) is 28.1. The maximum Gasteiger partial charge on any atom is 0.0706 e. The van der Waals surface area contributed by atoms with Gasteiger partial charge >= 0.3 is 0 Å². The zero-order chi connectivity index (χ0) is 12.8. The van der Waals surface area contributed by atoms with Crippen molar-refractivity contribution in [3.8, 4) is 0 Å². The van der Waals surface area contributed by atoms with Crippen molar-refractivity contribution in [3.63, 3.8) is 0 Å². The summed E-state index contributed by atoms with van der Waals surface area (Å²) >= 11 is 0. The third-order valence-corrected chi connectivity index (χ3v) is 4.42. The highest BCUT2D eigenvalue weighted by atomic mass is 15.3.